The molecule has 15 heavy (non-hydrogen) atoms. The number of esters is 1. The van der Waals surface area contributed by atoms with Crippen molar-refractivity contribution in [1.29, 1.82) is 0 Å². The van der Waals surface area contributed by atoms with Gasteiger partial charge in [-0.15, -0.1) is 17.7 Å². The molecule has 0 saturated carbocycles. The Morgan fingerprint density at radius 1 is 1.53 bits per heavy atom. The first-order chi connectivity index (χ1) is 7.11. The van der Waals surface area contributed by atoms with E-state index in [1.807, 2.05) is 6.92 Å². The van der Waals surface area contributed by atoms with E-state index < -0.39 is 5.97 Å². The van der Waals surface area contributed by atoms with Crippen LogP contribution in [0.1, 0.15) is 16.3 Å². The maximum atomic E-state index is 11.2. The van der Waals surface area contributed by atoms with Crippen molar-refractivity contribution in [3.05, 3.63) is 17.6 Å². The Morgan fingerprint density at radius 3 is 2.93 bits per heavy atom. The summed E-state index contributed by atoms with van der Waals surface area (Å²) in [6, 6.07) is 1.73. The summed E-state index contributed by atoms with van der Waals surface area (Å²) in [5, 5.41) is 4.49. The van der Waals surface area contributed by atoms with Crippen LogP contribution in [0.5, 0.6) is 0 Å². The summed E-state index contributed by atoms with van der Waals surface area (Å²) >= 11 is 4.20. The van der Waals surface area contributed by atoms with Gasteiger partial charge in [0.2, 0.25) is 0 Å². The summed E-state index contributed by atoms with van der Waals surface area (Å²) in [5.41, 5.74) is 0.760. The van der Waals surface area contributed by atoms with Gasteiger partial charge in [-0.1, -0.05) is 0 Å². The number of methoxy groups -OCH3 is 1. The predicted octanol–water partition coefficient (Wildman–Crippen LogP) is 0.508. The van der Waals surface area contributed by atoms with E-state index in [1.54, 1.807) is 6.07 Å². The summed E-state index contributed by atoms with van der Waals surface area (Å²) in [4.78, 5) is 19.2. The second-order valence-electron chi connectivity index (χ2n) is 2.89. The number of rotatable bonds is 1. The SMILES string of the molecule is COC(=O)c1nc2nc(C)cc(S)n2n1. The van der Waals surface area contributed by atoms with Crippen molar-refractivity contribution in [2.75, 3.05) is 7.11 Å². The van der Waals surface area contributed by atoms with Gasteiger partial charge in [0.1, 0.15) is 5.03 Å². The normalized spacial score (nSPS) is 10.6. The van der Waals surface area contributed by atoms with E-state index in [4.69, 9.17) is 0 Å². The van der Waals surface area contributed by atoms with Crippen molar-refractivity contribution in [1.82, 2.24) is 19.6 Å². The maximum Gasteiger partial charge on any atom is 0.378 e. The number of aromatic nitrogens is 4. The minimum absolute atomic E-state index is 0.0223. The highest BCUT2D eigenvalue weighted by atomic mass is 32.1. The third-order valence-corrected chi connectivity index (χ3v) is 2.11. The van der Waals surface area contributed by atoms with Crippen molar-refractivity contribution in [2.45, 2.75) is 11.9 Å². The van der Waals surface area contributed by atoms with E-state index >= 15 is 0 Å². The molecule has 0 bridgehead atoms. The summed E-state index contributed by atoms with van der Waals surface area (Å²) in [7, 11) is 1.27. The number of fused-ring (bicyclic) bond motifs is 1. The second-order valence-corrected chi connectivity index (χ2v) is 3.35. The largest absolute Gasteiger partial charge is 0.463 e. The molecular weight excluding hydrogens is 216 g/mol. The lowest BCUT2D eigenvalue weighted by Gasteiger charge is -1.96. The Balaban J connectivity index is 2.65. The fourth-order valence-corrected chi connectivity index (χ4v) is 1.47. The van der Waals surface area contributed by atoms with Crippen LogP contribution in [0.2, 0.25) is 0 Å². The lowest BCUT2D eigenvalue weighted by molar-refractivity contribution is 0.0587. The maximum absolute atomic E-state index is 11.2. The molecule has 2 aromatic heterocycles. The van der Waals surface area contributed by atoms with Gasteiger partial charge in [0, 0.05) is 5.69 Å². The first-order valence-corrected chi connectivity index (χ1v) is 4.58. The van der Waals surface area contributed by atoms with E-state index in [2.05, 4.69) is 32.4 Å². The van der Waals surface area contributed by atoms with Crippen LogP contribution in [0.25, 0.3) is 5.78 Å². The van der Waals surface area contributed by atoms with E-state index in [1.165, 1.54) is 11.6 Å². The molecule has 0 aliphatic heterocycles. The zero-order chi connectivity index (χ0) is 11.0. The number of ether oxygens (including phenoxy) is 1. The molecular formula is C8H8N4O2S. The number of carbonyl (C=O) groups excluding carboxylic acids is 1. The topological polar surface area (TPSA) is 69.4 Å². The molecule has 0 atom stereocenters. The van der Waals surface area contributed by atoms with Gasteiger partial charge in [-0.25, -0.2) is 9.78 Å². The van der Waals surface area contributed by atoms with Crippen LogP contribution in [0.4, 0.5) is 0 Å². The van der Waals surface area contributed by atoms with Crippen molar-refractivity contribution in [3.63, 3.8) is 0 Å². The Kier molecular flexibility index (Phi) is 2.31. The Morgan fingerprint density at radius 2 is 2.27 bits per heavy atom. The third-order valence-electron chi connectivity index (χ3n) is 1.79. The number of carbonyl (C=O) groups is 1. The monoisotopic (exact) mass is 224 g/mol. The summed E-state index contributed by atoms with van der Waals surface area (Å²) in [6.07, 6.45) is 0. The molecule has 78 valence electrons. The Labute approximate surface area is 90.7 Å². The molecule has 0 spiro atoms. The standard InChI is InChI=1S/C8H8N4O2S/c1-4-3-5(15)12-8(9-4)10-6(11-12)7(13)14-2/h3,15H,1-2H3. The lowest BCUT2D eigenvalue weighted by Crippen LogP contribution is -2.03. The molecule has 0 fully saturated rings. The molecule has 0 unspecified atom stereocenters. The van der Waals surface area contributed by atoms with E-state index in [9.17, 15) is 4.79 Å². The zero-order valence-corrected chi connectivity index (χ0v) is 9.02. The summed E-state index contributed by atoms with van der Waals surface area (Å²) in [6.45, 7) is 1.81. The van der Waals surface area contributed by atoms with Crippen LogP contribution < -0.4 is 0 Å². The Bertz CT molecular complexity index is 537. The molecule has 0 aliphatic carbocycles. The molecule has 2 rings (SSSR count). The fraction of sp³-hybridized carbons (Fsp3) is 0.250. The first kappa shape index (κ1) is 9.91. The van der Waals surface area contributed by atoms with Crippen LogP contribution in [-0.2, 0) is 4.74 Å². The van der Waals surface area contributed by atoms with Gasteiger partial charge in [0.25, 0.3) is 11.6 Å². The summed E-state index contributed by atoms with van der Waals surface area (Å²) < 4.78 is 5.88. The molecule has 2 heterocycles. The molecule has 0 aromatic carbocycles. The van der Waals surface area contributed by atoms with Crippen LogP contribution in [0.15, 0.2) is 11.1 Å². The molecule has 0 aliphatic rings. The highest BCUT2D eigenvalue weighted by Crippen LogP contribution is 2.09. The quantitative estimate of drug-likeness (QED) is 0.434. The number of thiol groups is 1. The molecule has 0 saturated heterocycles. The molecule has 7 heteroatoms. The van der Waals surface area contributed by atoms with Crippen LogP contribution in [-0.4, -0.2) is 32.7 Å². The van der Waals surface area contributed by atoms with Gasteiger partial charge < -0.3 is 4.74 Å². The van der Waals surface area contributed by atoms with Gasteiger partial charge in [-0.2, -0.15) is 9.50 Å². The van der Waals surface area contributed by atoms with Gasteiger partial charge in [-0.3, -0.25) is 0 Å². The molecule has 6 nitrogen and oxygen atoms in total. The van der Waals surface area contributed by atoms with Gasteiger partial charge >= 0.3 is 5.97 Å². The number of aryl methyl sites for hydroxylation is 1. The summed E-state index contributed by atoms with van der Waals surface area (Å²) in [5.74, 6) is -0.280. The molecule has 0 N–H and O–H groups in total. The van der Waals surface area contributed by atoms with E-state index in [-0.39, 0.29) is 5.82 Å². The fourth-order valence-electron chi connectivity index (χ4n) is 1.15. The van der Waals surface area contributed by atoms with Crippen molar-refractivity contribution >= 4 is 24.4 Å². The molecule has 0 radical (unpaired) electrons. The van der Waals surface area contributed by atoms with E-state index in [0.29, 0.717) is 10.8 Å². The van der Waals surface area contributed by atoms with E-state index in [0.717, 1.165) is 5.69 Å². The minimum Gasteiger partial charge on any atom is -0.463 e. The van der Waals surface area contributed by atoms with Crippen LogP contribution in [0, 0.1) is 6.92 Å². The Hall–Kier alpha value is -1.63. The van der Waals surface area contributed by atoms with Crippen LogP contribution >= 0.6 is 12.6 Å². The second kappa shape index (κ2) is 3.50. The average molecular weight is 224 g/mol. The number of hydrogen-bond acceptors (Lipinski definition) is 6. The number of hydrogen-bond donors (Lipinski definition) is 1. The van der Waals surface area contributed by atoms with Crippen molar-refractivity contribution in [3.8, 4) is 0 Å². The smallest absolute Gasteiger partial charge is 0.378 e. The van der Waals surface area contributed by atoms with Gasteiger partial charge in [0.15, 0.2) is 0 Å². The van der Waals surface area contributed by atoms with Crippen molar-refractivity contribution < 1.29 is 9.53 Å². The van der Waals surface area contributed by atoms with Crippen LogP contribution in [0.3, 0.4) is 0 Å². The zero-order valence-electron chi connectivity index (χ0n) is 8.13. The minimum atomic E-state index is -0.592. The lowest BCUT2D eigenvalue weighted by atomic mass is 10.5. The predicted molar refractivity (Wildman–Crippen MR) is 54.1 cm³/mol. The van der Waals surface area contributed by atoms with Gasteiger partial charge in [-0.05, 0) is 13.0 Å². The van der Waals surface area contributed by atoms with Crippen molar-refractivity contribution in [2.24, 2.45) is 0 Å². The first-order valence-electron chi connectivity index (χ1n) is 4.13. The number of nitrogens with zero attached hydrogens (tertiary/aromatic N) is 4. The third kappa shape index (κ3) is 1.65. The highest BCUT2D eigenvalue weighted by Gasteiger charge is 2.14. The van der Waals surface area contributed by atoms with Gasteiger partial charge in [0.05, 0.1) is 7.11 Å². The highest BCUT2D eigenvalue weighted by molar-refractivity contribution is 7.80. The average Bonchev–Trinajstić information content (AvgIpc) is 2.60. The molecule has 2 aromatic rings. The molecule has 0 amide bonds.